The van der Waals surface area contributed by atoms with E-state index >= 15 is 0 Å². The number of alkyl halides is 2. The van der Waals surface area contributed by atoms with Gasteiger partial charge in [0.15, 0.2) is 0 Å². The van der Waals surface area contributed by atoms with Crippen molar-refractivity contribution in [1.29, 1.82) is 0 Å². The minimum Gasteiger partial charge on any atom is -0.497 e. The number of halogens is 2. The summed E-state index contributed by atoms with van der Waals surface area (Å²) in [4.78, 5) is 13.1. The number of hydrogen-bond acceptors (Lipinski definition) is 7. The fourth-order valence-electron chi connectivity index (χ4n) is 2.92. The summed E-state index contributed by atoms with van der Waals surface area (Å²) >= 11 is 1.46. The van der Waals surface area contributed by atoms with E-state index in [9.17, 15) is 8.78 Å². The van der Waals surface area contributed by atoms with E-state index in [2.05, 4.69) is 14.7 Å². The smallest absolute Gasteiger partial charge is 0.388 e. The van der Waals surface area contributed by atoms with Gasteiger partial charge in [-0.2, -0.15) is 8.78 Å². The van der Waals surface area contributed by atoms with Crippen LogP contribution in [0.5, 0.6) is 17.4 Å². The highest BCUT2D eigenvalue weighted by molar-refractivity contribution is 7.21. The Bertz CT molecular complexity index is 1180. The number of fused-ring (bicyclic) bond motifs is 2. The van der Waals surface area contributed by atoms with Crippen LogP contribution in [0.1, 0.15) is 5.56 Å². The molecule has 0 N–H and O–H groups in total. The number of rotatable bonds is 5. The average molecular weight is 403 g/mol. The first-order valence-electron chi connectivity index (χ1n) is 8.23. The number of aromatic nitrogens is 3. The van der Waals surface area contributed by atoms with Gasteiger partial charge >= 0.3 is 6.61 Å². The molecule has 4 aromatic rings. The monoisotopic (exact) mass is 403 g/mol. The zero-order chi connectivity index (χ0) is 19.8. The van der Waals surface area contributed by atoms with Crippen LogP contribution in [0, 0.1) is 6.92 Å². The van der Waals surface area contributed by atoms with Gasteiger partial charge in [-0.15, -0.1) is 11.3 Å². The van der Waals surface area contributed by atoms with E-state index in [-0.39, 0.29) is 5.88 Å². The number of aryl methyl sites for hydroxylation is 1. The number of nitrogens with zero attached hydrogens (tertiary/aromatic N) is 3. The summed E-state index contributed by atoms with van der Waals surface area (Å²) in [6.07, 6.45) is 1.18. The molecule has 2 heterocycles. The Hall–Kier alpha value is -3.07. The lowest BCUT2D eigenvalue weighted by Crippen LogP contribution is -2.04. The summed E-state index contributed by atoms with van der Waals surface area (Å²) in [5.41, 5.74) is 3.38. The van der Waals surface area contributed by atoms with Crippen LogP contribution in [0.4, 0.5) is 8.78 Å². The van der Waals surface area contributed by atoms with Gasteiger partial charge in [0, 0.05) is 11.6 Å². The van der Waals surface area contributed by atoms with E-state index in [1.165, 1.54) is 17.5 Å². The molecule has 0 unspecified atom stereocenters. The van der Waals surface area contributed by atoms with E-state index in [0.29, 0.717) is 33.1 Å². The molecule has 0 radical (unpaired) electrons. The number of thiazole rings is 1. The summed E-state index contributed by atoms with van der Waals surface area (Å²) < 4.78 is 41.0. The molecule has 28 heavy (non-hydrogen) atoms. The predicted octanol–water partition coefficient (Wildman–Crippen LogP) is 4.83. The first-order chi connectivity index (χ1) is 13.5. The van der Waals surface area contributed by atoms with Crippen LogP contribution in [0.25, 0.3) is 31.8 Å². The minimum absolute atomic E-state index is 0.227. The fraction of sp³-hybridized carbons (Fsp3) is 0.211. The molecule has 2 aromatic carbocycles. The Morgan fingerprint density at radius 2 is 1.82 bits per heavy atom. The van der Waals surface area contributed by atoms with E-state index in [1.807, 2.05) is 19.1 Å². The summed E-state index contributed by atoms with van der Waals surface area (Å²) in [6, 6.07) is 7.36. The van der Waals surface area contributed by atoms with Crippen molar-refractivity contribution in [3.8, 4) is 28.0 Å². The second-order valence-electron chi connectivity index (χ2n) is 5.96. The van der Waals surface area contributed by atoms with E-state index in [4.69, 9.17) is 14.5 Å². The Morgan fingerprint density at radius 1 is 1.00 bits per heavy atom. The molecule has 6 nitrogen and oxygen atoms in total. The fourth-order valence-corrected chi connectivity index (χ4v) is 3.95. The van der Waals surface area contributed by atoms with Crippen LogP contribution < -0.4 is 14.2 Å². The molecule has 0 saturated heterocycles. The van der Waals surface area contributed by atoms with Gasteiger partial charge < -0.3 is 14.2 Å². The van der Waals surface area contributed by atoms with Crippen molar-refractivity contribution >= 4 is 32.6 Å². The lowest BCUT2D eigenvalue weighted by Gasteiger charge is -2.07. The van der Waals surface area contributed by atoms with Crippen LogP contribution in [0.2, 0.25) is 0 Å². The highest BCUT2D eigenvalue weighted by atomic mass is 32.1. The van der Waals surface area contributed by atoms with Gasteiger partial charge in [-0.25, -0.2) is 15.0 Å². The predicted molar refractivity (Wildman–Crippen MR) is 103 cm³/mol. The number of benzene rings is 2. The second kappa shape index (κ2) is 7.16. The standard InChI is InChI=1S/C19H15F2N3O3S/c1-9-4-11(16-12(5-9)23-15(8-22-16)27-19(20)21)18-24-17-13(26-3)6-10(25-2)7-14(17)28-18/h4-8,19H,1-3H3. The van der Waals surface area contributed by atoms with Gasteiger partial charge in [-0.05, 0) is 30.7 Å². The van der Waals surface area contributed by atoms with Crippen molar-refractivity contribution in [1.82, 2.24) is 15.0 Å². The summed E-state index contributed by atoms with van der Waals surface area (Å²) in [6.45, 7) is -1.06. The third-order valence-corrected chi connectivity index (χ3v) is 5.13. The van der Waals surface area contributed by atoms with E-state index in [0.717, 1.165) is 15.8 Å². The average Bonchev–Trinajstić information content (AvgIpc) is 3.09. The lowest BCUT2D eigenvalue weighted by molar-refractivity contribution is -0.0528. The zero-order valence-corrected chi connectivity index (χ0v) is 16.0. The molecule has 0 amide bonds. The van der Waals surface area contributed by atoms with E-state index in [1.54, 1.807) is 26.4 Å². The van der Waals surface area contributed by atoms with Gasteiger partial charge in [0.05, 0.1) is 36.1 Å². The topological polar surface area (TPSA) is 66.4 Å². The maximum atomic E-state index is 12.5. The second-order valence-corrected chi connectivity index (χ2v) is 6.99. The zero-order valence-electron chi connectivity index (χ0n) is 15.2. The first-order valence-corrected chi connectivity index (χ1v) is 9.05. The van der Waals surface area contributed by atoms with Gasteiger partial charge in [-0.3, -0.25) is 0 Å². The molecule has 0 aliphatic rings. The molecule has 0 fully saturated rings. The quantitative estimate of drug-likeness (QED) is 0.475. The van der Waals surface area contributed by atoms with Crippen molar-refractivity contribution in [3.05, 3.63) is 36.0 Å². The molecular formula is C19H15F2N3O3S. The summed E-state index contributed by atoms with van der Waals surface area (Å²) in [5, 5.41) is 0.715. The number of ether oxygens (including phenoxy) is 3. The molecule has 9 heteroatoms. The molecule has 0 saturated carbocycles. The van der Waals surface area contributed by atoms with Crippen LogP contribution in [0.3, 0.4) is 0 Å². The van der Waals surface area contributed by atoms with Crippen LogP contribution in [-0.2, 0) is 0 Å². The Morgan fingerprint density at radius 3 is 2.54 bits per heavy atom. The normalized spacial score (nSPS) is 11.4. The summed E-state index contributed by atoms with van der Waals surface area (Å²) in [7, 11) is 3.16. The first kappa shape index (κ1) is 18.3. The van der Waals surface area contributed by atoms with Crippen molar-refractivity contribution in [2.24, 2.45) is 0 Å². The number of methoxy groups -OCH3 is 2. The molecule has 0 bridgehead atoms. The summed E-state index contributed by atoms with van der Waals surface area (Å²) in [5.74, 6) is 1.05. The van der Waals surface area contributed by atoms with Crippen LogP contribution in [0.15, 0.2) is 30.5 Å². The molecule has 0 spiro atoms. The largest absolute Gasteiger partial charge is 0.497 e. The Kier molecular flexibility index (Phi) is 4.68. The molecule has 4 rings (SSSR count). The third-order valence-electron chi connectivity index (χ3n) is 4.10. The lowest BCUT2D eigenvalue weighted by atomic mass is 10.1. The molecule has 0 aliphatic carbocycles. The molecule has 144 valence electrons. The van der Waals surface area contributed by atoms with Crippen molar-refractivity contribution in [2.45, 2.75) is 13.5 Å². The van der Waals surface area contributed by atoms with Crippen LogP contribution in [-0.4, -0.2) is 35.8 Å². The number of hydrogen-bond donors (Lipinski definition) is 0. The molecule has 0 atom stereocenters. The maximum Gasteiger partial charge on any atom is 0.388 e. The van der Waals surface area contributed by atoms with Crippen molar-refractivity contribution in [2.75, 3.05) is 14.2 Å². The van der Waals surface area contributed by atoms with Gasteiger partial charge in [0.2, 0.25) is 5.88 Å². The Labute approximate surface area is 162 Å². The highest BCUT2D eigenvalue weighted by Crippen LogP contribution is 2.39. The van der Waals surface area contributed by atoms with Crippen molar-refractivity contribution in [3.63, 3.8) is 0 Å². The van der Waals surface area contributed by atoms with E-state index < -0.39 is 6.61 Å². The highest BCUT2D eigenvalue weighted by Gasteiger charge is 2.17. The minimum atomic E-state index is -2.96. The Balaban J connectivity index is 1.90. The maximum absolute atomic E-state index is 12.5. The third kappa shape index (κ3) is 3.29. The molecule has 0 aliphatic heterocycles. The van der Waals surface area contributed by atoms with Crippen LogP contribution >= 0.6 is 11.3 Å². The molecular weight excluding hydrogens is 388 g/mol. The van der Waals surface area contributed by atoms with Crippen molar-refractivity contribution < 1.29 is 23.0 Å². The molecule has 2 aromatic heterocycles. The van der Waals surface area contributed by atoms with Gasteiger partial charge in [-0.1, -0.05) is 0 Å². The van der Waals surface area contributed by atoms with Gasteiger partial charge in [0.25, 0.3) is 0 Å². The SMILES string of the molecule is COc1cc(OC)c2nc(-c3cc(C)cc4nc(OC(F)F)cnc34)sc2c1. The van der Waals surface area contributed by atoms with Gasteiger partial charge in [0.1, 0.15) is 22.0 Å².